The minimum Gasteiger partial charge on any atom is -0.298 e. The van der Waals surface area contributed by atoms with Crippen LogP contribution in [0.25, 0.3) is 5.69 Å². The predicted molar refractivity (Wildman–Crippen MR) is 48.9 cm³/mol. The van der Waals surface area contributed by atoms with Crippen LogP contribution in [-0.4, -0.2) is 16.1 Å². The highest BCUT2D eigenvalue weighted by Gasteiger charge is 2.12. The molecule has 0 unspecified atom stereocenters. The van der Waals surface area contributed by atoms with E-state index in [4.69, 9.17) is 0 Å². The molecule has 0 bridgehead atoms. The Morgan fingerprint density at radius 1 is 1.27 bits per heavy atom. The average molecular weight is 208 g/mol. The van der Waals surface area contributed by atoms with Gasteiger partial charge in [0.2, 0.25) is 0 Å². The largest absolute Gasteiger partial charge is 0.298 e. The number of aromatic nitrogens is 2. The maximum atomic E-state index is 13.4. The maximum Gasteiger partial charge on any atom is 0.152 e. The quantitative estimate of drug-likeness (QED) is 0.707. The Kier molecular flexibility index (Phi) is 2.29. The fourth-order valence-corrected chi connectivity index (χ4v) is 1.27. The summed E-state index contributed by atoms with van der Waals surface area (Å²) in [5, 5.41) is 3.71. The first-order valence-corrected chi connectivity index (χ1v) is 4.16. The van der Waals surface area contributed by atoms with E-state index in [0.29, 0.717) is 6.29 Å². The van der Waals surface area contributed by atoms with Gasteiger partial charge in [0.15, 0.2) is 11.6 Å². The van der Waals surface area contributed by atoms with Crippen molar-refractivity contribution in [3.05, 3.63) is 47.8 Å². The van der Waals surface area contributed by atoms with Crippen LogP contribution in [0, 0.1) is 11.6 Å². The summed E-state index contributed by atoms with van der Waals surface area (Å²) in [6.45, 7) is 0. The van der Waals surface area contributed by atoms with Crippen molar-refractivity contribution < 1.29 is 13.6 Å². The highest BCUT2D eigenvalue weighted by atomic mass is 19.1. The number of halogens is 2. The second-order valence-corrected chi connectivity index (χ2v) is 2.90. The molecule has 0 radical (unpaired) electrons. The van der Waals surface area contributed by atoms with Gasteiger partial charge in [-0.3, -0.25) is 4.79 Å². The van der Waals surface area contributed by atoms with Crippen molar-refractivity contribution in [1.82, 2.24) is 9.78 Å². The summed E-state index contributed by atoms with van der Waals surface area (Å²) >= 11 is 0. The van der Waals surface area contributed by atoms with Crippen molar-refractivity contribution in [2.24, 2.45) is 0 Å². The Morgan fingerprint density at radius 3 is 2.40 bits per heavy atom. The van der Waals surface area contributed by atoms with Gasteiger partial charge in [0.25, 0.3) is 0 Å². The SMILES string of the molecule is O=Cc1cc(F)c(-n2cccn2)c(F)c1. The van der Waals surface area contributed by atoms with Crippen molar-refractivity contribution in [1.29, 1.82) is 0 Å². The van der Waals surface area contributed by atoms with E-state index < -0.39 is 11.6 Å². The van der Waals surface area contributed by atoms with Crippen LogP contribution >= 0.6 is 0 Å². The van der Waals surface area contributed by atoms with Crippen LogP contribution in [0.2, 0.25) is 0 Å². The summed E-state index contributed by atoms with van der Waals surface area (Å²) in [7, 11) is 0. The smallest absolute Gasteiger partial charge is 0.152 e. The van der Waals surface area contributed by atoms with Crippen LogP contribution in [-0.2, 0) is 0 Å². The van der Waals surface area contributed by atoms with Crippen LogP contribution in [0.1, 0.15) is 10.4 Å². The van der Waals surface area contributed by atoms with Gasteiger partial charge in [0.05, 0.1) is 0 Å². The van der Waals surface area contributed by atoms with Crippen LogP contribution in [0.5, 0.6) is 0 Å². The van der Waals surface area contributed by atoms with E-state index >= 15 is 0 Å². The van der Waals surface area contributed by atoms with Gasteiger partial charge in [-0.25, -0.2) is 13.5 Å². The van der Waals surface area contributed by atoms with Gasteiger partial charge >= 0.3 is 0 Å². The van der Waals surface area contributed by atoms with E-state index in [1.165, 1.54) is 12.4 Å². The highest BCUT2D eigenvalue weighted by molar-refractivity contribution is 5.75. The maximum absolute atomic E-state index is 13.4. The molecular formula is C10H6F2N2O. The normalized spacial score (nSPS) is 10.3. The van der Waals surface area contributed by atoms with E-state index in [0.717, 1.165) is 16.8 Å². The molecule has 0 aliphatic carbocycles. The molecule has 0 saturated carbocycles. The molecular weight excluding hydrogens is 202 g/mol. The molecule has 0 spiro atoms. The highest BCUT2D eigenvalue weighted by Crippen LogP contribution is 2.18. The molecule has 1 aromatic heterocycles. The van der Waals surface area contributed by atoms with Gasteiger partial charge in [-0.15, -0.1) is 0 Å². The molecule has 0 aliphatic rings. The van der Waals surface area contributed by atoms with Gasteiger partial charge < -0.3 is 0 Å². The van der Waals surface area contributed by atoms with Gasteiger partial charge in [-0.2, -0.15) is 5.10 Å². The molecule has 0 atom stereocenters. The summed E-state index contributed by atoms with van der Waals surface area (Å²) in [5.41, 5.74) is -0.327. The Balaban J connectivity index is 2.63. The van der Waals surface area contributed by atoms with Crippen LogP contribution in [0.3, 0.4) is 0 Å². The molecule has 5 heteroatoms. The van der Waals surface area contributed by atoms with Crippen molar-refractivity contribution in [3.63, 3.8) is 0 Å². The number of carbonyl (C=O) groups is 1. The van der Waals surface area contributed by atoms with E-state index in [1.807, 2.05) is 0 Å². The molecule has 2 rings (SSSR count). The summed E-state index contributed by atoms with van der Waals surface area (Å²) < 4.78 is 27.9. The van der Waals surface area contributed by atoms with Gasteiger partial charge in [0.1, 0.15) is 12.0 Å². The summed E-state index contributed by atoms with van der Waals surface area (Å²) in [6, 6.07) is 3.48. The first-order chi connectivity index (χ1) is 7.22. The summed E-state index contributed by atoms with van der Waals surface area (Å²) in [4.78, 5) is 10.4. The van der Waals surface area contributed by atoms with Crippen molar-refractivity contribution >= 4 is 6.29 Å². The molecule has 1 heterocycles. The molecule has 3 nitrogen and oxygen atoms in total. The Morgan fingerprint density at radius 2 is 1.93 bits per heavy atom. The minimum absolute atomic E-state index is 0.0408. The topological polar surface area (TPSA) is 34.9 Å². The molecule has 1 aromatic carbocycles. The zero-order valence-electron chi connectivity index (χ0n) is 7.52. The summed E-state index contributed by atoms with van der Waals surface area (Å²) in [6.07, 6.45) is 3.22. The third kappa shape index (κ3) is 1.63. The van der Waals surface area contributed by atoms with Crippen LogP contribution in [0.4, 0.5) is 8.78 Å². The van der Waals surface area contributed by atoms with Gasteiger partial charge in [-0.1, -0.05) is 0 Å². The third-order valence-corrected chi connectivity index (χ3v) is 1.91. The zero-order valence-corrected chi connectivity index (χ0v) is 7.52. The number of aldehydes is 1. The van der Waals surface area contributed by atoms with E-state index in [-0.39, 0.29) is 11.3 Å². The number of rotatable bonds is 2. The van der Waals surface area contributed by atoms with E-state index in [2.05, 4.69) is 5.10 Å². The fraction of sp³-hybridized carbons (Fsp3) is 0. The second kappa shape index (κ2) is 3.61. The molecule has 2 aromatic rings. The van der Waals surface area contributed by atoms with Crippen LogP contribution < -0.4 is 0 Å². The standard InChI is InChI=1S/C10H6F2N2O/c11-8-4-7(6-15)5-9(12)10(8)14-3-1-2-13-14/h1-6H. The Hall–Kier alpha value is -2.04. The van der Waals surface area contributed by atoms with E-state index in [9.17, 15) is 13.6 Å². The molecule has 0 fully saturated rings. The van der Waals surface area contributed by atoms with Crippen LogP contribution in [0.15, 0.2) is 30.6 Å². The molecule has 0 amide bonds. The molecule has 0 aliphatic heterocycles. The Bertz CT molecular complexity index is 471. The Labute approximate surface area is 84.0 Å². The number of benzene rings is 1. The number of hydrogen-bond acceptors (Lipinski definition) is 2. The van der Waals surface area contributed by atoms with Crippen molar-refractivity contribution in [2.45, 2.75) is 0 Å². The second-order valence-electron chi connectivity index (χ2n) is 2.90. The molecule has 76 valence electrons. The zero-order chi connectivity index (χ0) is 10.8. The lowest BCUT2D eigenvalue weighted by Crippen LogP contribution is -2.03. The summed E-state index contributed by atoms with van der Waals surface area (Å²) in [5.74, 6) is -1.64. The lowest BCUT2D eigenvalue weighted by Gasteiger charge is -2.05. The lowest BCUT2D eigenvalue weighted by atomic mass is 10.2. The number of nitrogens with zero attached hydrogens (tertiary/aromatic N) is 2. The third-order valence-electron chi connectivity index (χ3n) is 1.91. The van der Waals surface area contributed by atoms with E-state index in [1.54, 1.807) is 6.07 Å². The van der Waals surface area contributed by atoms with Crippen molar-refractivity contribution in [2.75, 3.05) is 0 Å². The monoisotopic (exact) mass is 208 g/mol. The fourth-order valence-electron chi connectivity index (χ4n) is 1.27. The molecule has 15 heavy (non-hydrogen) atoms. The van der Waals surface area contributed by atoms with Crippen molar-refractivity contribution in [3.8, 4) is 5.69 Å². The predicted octanol–water partition coefficient (Wildman–Crippen LogP) is 1.96. The average Bonchev–Trinajstić information content (AvgIpc) is 2.69. The number of hydrogen-bond donors (Lipinski definition) is 0. The van der Waals surface area contributed by atoms with Gasteiger partial charge in [0, 0.05) is 18.0 Å². The number of carbonyl (C=O) groups excluding carboxylic acids is 1. The first kappa shape index (κ1) is 9.51. The first-order valence-electron chi connectivity index (χ1n) is 4.16. The molecule has 0 N–H and O–H groups in total. The lowest BCUT2D eigenvalue weighted by molar-refractivity contribution is 0.112. The van der Waals surface area contributed by atoms with Gasteiger partial charge in [-0.05, 0) is 18.2 Å². The minimum atomic E-state index is -0.819. The molecule has 0 saturated heterocycles.